The average Bonchev–Trinajstić information content (AvgIpc) is 2.77. The van der Waals surface area contributed by atoms with E-state index in [4.69, 9.17) is 0 Å². The molecule has 1 amide bonds. The molecule has 6 nitrogen and oxygen atoms in total. The predicted octanol–water partition coefficient (Wildman–Crippen LogP) is -0.542. The number of aryl methyl sites for hydroxylation is 1. The highest BCUT2D eigenvalue weighted by Gasteiger charge is 2.27. The number of nitrogens with one attached hydrogen (secondary N) is 1. The van der Waals surface area contributed by atoms with Crippen molar-refractivity contribution in [1.82, 2.24) is 20.3 Å². The largest absolute Gasteiger partial charge is 0.391 e. The Morgan fingerprint density at radius 1 is 1.67 bits per heavy atom. The van der Waals surface area contributed by atoms with E-state index in [1.165, 1.54) is 4.68 Å². The monoisotopic (exact) mass is 210 g/mol. The average molecular weight is 210 g/mol. The lowest BCUT2D eigenvalue weighted by atomic mass is 10.2. The quantitative estimate of drug-likeness (QED) is 0.687. The van der Waals surface area contributed by atoms with Gasteiger partial charge in [0, 0.05) is 7.05 Å². The highest BCUT2D eigenvalue weighted by atomic mass is 16.3. The summed E-state index contributed by atoms with van der Waals surface area (Å²) in [4.78, 5) is 11.6. The number of aromatic nitrogens is 3. The van der Waals surface area contributed by atoms with Gasteiger partial charge in [0.1, 0.15) is 0 Å². The van der Waals surface area contributed by atoms with Gasteiger partial charge in [0.2, 0.25) is 0 Å². The van der Waals surface area contributed by atoms with Gasteiger partial charge in [-0.25, -0.2) is 0 Å². The molecule has 0 spiro atoms. The molecule has 6 heteroatoms. The van der Waals surface area contributed by atoms with Gasteiger partial charge < -0.3 is 10.4 Å². The third-order valence-corrected chi connectivity index (χ3v) is 2.63. The molecule has 1 aliphatic carbocycles. The summed E-state index contributed by atoms with van der Waals surface area (Å²) >= 11 is 0. The molecular weight excluding hydrogens is 196 g/mol. The van der Waals surface area contributed by atoms with Crippen molar-refractivity contribution in [2.45, 2.75) is 31.4 Å². The molecule has 15 heavy (non-hydrogen) atoms. The van der Waals surface area contributed by atoms with Crippen molar-refractivity contribution in [3.05, 3.63) is 11.9 Å². The van der Waals surface area contributed by atoms with Gasteiger partial charge in [0.25, 0.3) is 5.91 Å². The molecule has 1 aromatic heterocycles. The van der Waals surface area contributed by atoms with Gasteiger partial charge in [-0.3, -0.25) is 9.48 Å². The van der Waals surface area contributed by atoms with E-state index in [2.05, 4.69) is 15.6 Å². The zero-order valence-corrected chi connectivity index (χ0v) is 8.55. The van der Waals surface area contributed by atoms with E-state index in [1.54, 1.807) is 13.2 Å². The van der Waals surface area contributed by atoms with Gasteiger partial charge in [-0.05, 0) is 19.3 Å². The number of nitrogens with zero attached hydrogens (tertiary/aromatic N) is 3. The number of hydrogen-bond donors (Lipinski definition) is 2. The number of amides is 1. The van der Waals surface area contributed by atoms with Gasteiger partial charge in [-0.15, -0.1) is 5.10 Å². The van der Waals surface area contributed by atoms with Crippen LogP contribution >= 0.6 is 0 Å². The lowest BCUT2D eigenvalue weighted by Crippen LogP contribution is -2.40. The van der Waals surface area contributed by atoms with Gasteiger partial charge in [0.05, 0.1) is 18.3 Å². The van der Waals surface area contributed by atoms with E-state index in [9.17, 15) is 9.90 Å². The molecule has 0 saturated heterocycles. The first-order valence-electron chi connectivity index (χ1n) is 5.02. The lowest BCUT2D eigenvalue weighted by molar-refractivity contribution is 0.0868. The van der Waals surface area contributed by atoms with Crippen LogP contribution in [0.4, 0.5) is 0 Å². The molecule has 1 heterocycles. The molecule has 2 N–H and O–H groups in total. The maximum absolute atomic E-state index is 11.6. The second-order valence-electron chi connectivity index (χ2n) is 3.86. The summed E-state index contributed by atoms with van der Waals surface area (Å²) in [5.41, 5.74) is 0.289. The maximum Gasteiger partial charge on any atom is 0.273 e. The summed E-state index contributed by atoms with van der Waals surface area (Å²) in [6.45, 7) is 0. The van der Waals surface area contributed by atoms with Gasteiger partial charge in [0.15, 0.2) is 5.69 Å². The van der Waals surface area contributed by atoms with Crippen molar-refractivity contribution < 1.29 is 9.90 Å². The topological polar surface area (TPSA) is 80.0 Å². The number of aliphatic hydroxyl groups excluding tert-OH is 1. The summed E-state index contributed by atoms with van der Waals surface area (Å²) in [7, 11) is 1.70. The van der Waals surface area contributed by atoms with Crippen molar-refractivity contribution in [3.63, 3.8) is 0 Å². The van der Waals surface area contributed by atoms with E-state index in [0.29, 0.717) is 0 Å². The standard InChI is InChI=1S/C9H14N4O2/c1-13-5-7(11-12-13)9(15)10-6-3-2-4-8(6)14/h5-6,8,14H,2-4H2,1H3,(H,10,15). The minimum Gasteiger partial charge on any atom is -0.391 e. The second-order valence-corrected chi connectivity index (χ2v) is 3.86. The molecule has 0 aliphatic heterocycles. The first-order chi connectivity index (χ1) is 7.16. The van der Waals surface area contributed by atoms with E-state index < -0.39 is 6.10 Å². The van der Waals surface area contributed by atoms with Crippen LogP contribution in [0, 0.1) is 0 Å². The number of rotatable bonds is 2. The molecular formula is C9H14N4O2. The fourth-order valence-corrected chi connectivity index (χ4v) is 1.80. The van der Waals surface area contributed by atoms with Crippen LogP contribution in [-0.2, 0) is 7.05 Å². The summed E-state index contributed by atoms with van der Waals surface area (Å²) in [6, 6.07) is -0.139. The molecule has 2 atom stereocenters. The first-order valence-corrected chi connectivity index (χ1v) is 5.02. The van der Waals surface area contributed by atoms with Crippen molar-refractivity contribution in [1.29, 1.82) is 0 Å². The van der Waals surface area contributed by atoms with Crippen LogP contribution in [0.2, 0.25) is 0 Å². The van der Waals surface area contributed by atoms with Crippen LogP contribution in [-0.4, -0.2) is 38.2 Å². The van der Waals surface area contributed by atoms with Gasteiger partial charge in [-0.2, -0.15) is 0 Å². The van der Waals surface area contributed by atoms with Crippen molar-refractivity contribution >= 4 is 5.91 Å². The summed E-state index contributed by atoms with van der Waals surface area (Å²) < 4.78 is 1.47. The summed E-state index contributed by atoms with van der Waals surface area (Å²) in [6.07, 6.45) is 3.66. The Labute approximate surface area is 87.3 Å². The molecule has 82 valence electrons. The fourth-order valence-electron chi connectivity index (χ4n) is 1.80. The van der Waals surface area contributed by atoms with E-state index >= 15 is 0 Å². The van der Waals surface area contributed by atoms with Gasteiger partial charge >= 0.3 is 0 Å². The fraction of sp³-hybridized carbons (Fsp3) is 0.667. The molecule has 2 rings (SSSR count). The van der Waals surface area contributed by atoms with Crippen LogP contribution < -0.4 is 5.32 Å². The molecule has 1 aromatic rings. The lowest BCUT2D eigenvalue weighted by Gasteiger charge is -2.14. The molecule has 0 aromatic carbocycles. The molecule has 1 saturated carbocycles. The smallest absolute Gasteiger partial charge is 0.273 e. The van der Waals surface area contributed by atoms with Crippen molar-refractivity contribution in [2.24, 2.45) is 7.05 Å². The van der Waals surface area contributed by atoms with E-state index in [0.717, 1.165) is 19.3 Å². The van der Waals surface area contributed by atoms with Crippen molar-refractivity contribution in [3.8, 4) is 0 Å². The van der Waals surface area contributed by atoms with Gasteiger partial charge in [-0.1, -0.05) is 5.21 Å². The van der Waals surface area contributed by atoms with Crippen LogP contribution in [0.5, 0.6) is 0 Å². The zero-order valence-electron chi connectivity index (χ0n) is 8.55. The molecule has 2 unspecified atom stereocenters. The predicted molar refractivity (Wildman–Crippen MR) is 52.1 cm³/mol. The Bertz CT molecular complexity index is 363. The molecule has 0 radical (unpaired) electrons. The van der Waals surface area contributed by atoms with E-state index in [1.807, 2.05) is 0 Å². The Hall–Kier alpha value is -1.43. The Morgan fingerprint density at radius 3 is 3.00 bits per heavy atom. The Kier molecular flexibility index (Phi) is 2.68. The maximum atomic E-state index is 11.6. The van der Waals surface area contributed by atoms with Crippen LogP contribution in [0.25, 0.3) is 0 Å². The zero-order chi connectivity index (χ0) is 10.8. The molecule has 1 aliphatic rings. The van der Waals surface area contributed by atoms with E-state index in [-0.39, 0.29) is 17.6 Å². The second kappa shape index (κ2) is 3.98. The molecule has 0 bridgehead atoms. The third-order valence-electron chi connectivity index (χ3n) is 2.63. The summed E-state index contributed by atoms with van der Waals surface area (Å²) in [5, 5.41) is 19.7. The first kappa shape index (κ1) is 10.1. The summed E-state index contributed by atoms with van der Waals surface area (Å²) in [5.74, 6) is -0.269. The number of carbonyl (C=O) groups excluding carboxylic acids is 1. The minimum atomic E-state index is -0.425. The van der Waals surface area contributed by atoms with Crippen LogP contribution in [0.15, 0.2) is 6.20 Å². The Morgan fingerprint density at radius 2 is 2.47 bits per heavy atom. The number of carbonyl (C=O) groups is 1. The normalized spacial score (nSPS) is 25.5. The third kappa shape index (κ3) is 2.15. The number of aliphatic hydroxyl groups is 1. The van der Waals surface area contributed by atoms with Crippen LogP contribution in [0.1, 0.15) is 29.8 Å². The minimum absolute atomic E-state index is 0.139. The highest BCUT2D eigenvalue weighted by Crippen LogP contribution is 2.18. The number of hydrogen-bond acceptors (Lipinski definition) is 4. The SMILES string of the molecule is Cn1cc(C(=O)NC2CCCC2O)nn1. The highest BCUT2D eigenvalue weighted by molar-refractivity contribution is 5.92. The van der Waals surface area contributed by atoms with Crippen molar-refractivity contribution in [2.75, 3.05) is 0 Å². The Balaban J connectivity index is 1.97. The van der Waals surface area contributed by atoms with Crippen LogP contribution in [0.3, 0.4) is 0 Å². The molecule has 1 fully saturated rings.